The second-order valence-corrected chi connectivity index (χ2v) is 9.12. The van der Waals surface area contributed by atoms with Gasteiger partial charge in [0.2, 0.25) is 0 Å². The van der Waals surface area contributed by atoms with E-state index in [0.29, 0.717) is 20.6 Å². The van der Waals surface area contributed by atoms with Gasteiger partial charge in [0.1, 0.15) is 16.6 Å². The molecule has 3 aromatic heterocycles. The van der Waals surface area contributed by atoms with Crippen molar-refractivity contribution in [2.45, 2.75) is 38.3 Å². The fourth-order valence-electron chi connectivity index (χ4n) is 4.20. The van der Waals surface area contributed by atoms with Crippen LogP contribution in [0.2, 0.25) is 0 Å². The molecule has 0 spiro atoms. The Morgan fingerprint density at radius 3 is 2.65 bits per heavy atom. The largest absolute Gasteiger partial charge is 0.433 e. The number of hydrogen-bond acceptors (Lipinski definition) is 5. The first-order valence-electron chi connectivity index (χ1n) is 10.7. The van der Waals surface area contributed by atoms with Crippen LogP contribution in [-0.2, 0) is 19.0 Å². The summed E-state index contributed by atoms with van der Waals surface area (Å²) in [5.74, 6) is -0.659. The third kappa shape index (κ3) is 3.92. The Labute approximate surface area is 196 Å². The van der Waals surface area contributed by atoms with Crippen LogP contribution in [0.1, 0.15) is 51.3 Å². The van der Waals surface area contributed by atoms with Gasteiger partial charge in [0.15, 0.2) is 11.3 Å². The molecule has 0 saturated heterocycles. The number of hydrogen-bond donors (Lipinski definition) is 1. The molecule has 1 aliphatic rings. The fourth-order valence-corrected chi connectivity index (χ4v) is 5.44. The lowest BCUT2D eigenvalue weighted by Gasteiger charge is -2.11. The van der Waals surface area contributed by atoms with Crippen molar-refractivity contribution in [2.75, 3.05) is 5.32 Å². The quantitative estimate of drug-likeness (QED) is 0.371. The van der Waals surface area contributed by atoms with Crippen LogP contribution in [0.4, 0.5) is 18.2 Å². The molecule has 1 amide bonds. The summed E-state index contributed by atoms with van der Waals surface area (Å²) >= 11 is 1.36. The monoisotopic (exact) mass is 481 g/mol. The highest BCUT2D eigenvalue weighted by molar-refractivity contribution is 7.16. The highest BCUT2D eigenvalue weighted by Gasteiger charge is 2.36. The molecule has 1 N–H and O–H groups in total. The van der Waals surface area contributed by atoms with Gasteiger partial charge in [0, 0.05) is 10.4 Å². The fraction of sp³-hybridized carbons (Fsp3) is 0.250. The molecule has 5 rings (SSSR count). The van der Waals surface area contributed by atoms with Crippen LogP contribution in [0, 0.1) is 11.3 Å². The standard InChI is InChI=1S/C24H18F3N5OS/c25-24(26,27)20-11-18(14-7-3-1-4-8-14)30-21-17(13-29-32(20)21)22(33)31-23-16(12-28)15-9-5-2-6-10-19(15)34-23/h1,3-4,7-8,11,13H,2,5-6,9-10H2,(H,31,33). The van der Waals surface area contributed by atoms with E-state index in [1.165, 1.54) is 11.3 Å². The lowest BCUT2D eigenvalue weighted by Crippen LogP contribution is -2.15. The molecule has 172 valence electrons. The maximum absolute atomic E-state index is 13.8. The van der Waals surface area contributed by atoms with Crippen LogP contribution < -0.4 is 5.32 Å². The third-order valence-electron chi connectivity index (χ3n) is 5.84. The number of rotatable bonds is 3. The summed E-state index contributed by atoms with van der Waals surface area (Å²) < 4.78 is 42.1. The number of benzene rings is 1. The minimum Gasteiger partial charge on any atom is -0.312 e. The third-order valence-corrected chi connectivity index (χ3v) is 7.04. The number of halogens is 3. The predicted octanol–water partition coefficient (Wildman–Crippen LogP) is 5.87. The Hall–Kier alpha value is -3.71. The van der Waals surface area contributed by atoms with Crippen molar-refractivity contribution < 1.29 is 18.0 Å². The van der Waals surface area contributed by atoms with Crippen LogP contribution in [0.3, 0.4) is 0 Å². The molecule has 4 aromatic rings. The molecule has 6 nitrogen and oxygen atoms in total. The van der Waals surface area contributed by atoms with E-state index in [2.05, 4.69) is 21.5 Å². The first-order valence-corrected chi connectivity index (χ1v) is 11.6. The Morgan fingerprint density at radius 2 is 1.91 bits per heavy atom. The van der Waals surface area contributed by atoms with Crippen LogP contribution >= 0.6 is 11.3 Å². The molecule has 1 aromatic carbocycles. The van der Waals surface area contributed by atoms with Gasteiger partial charge in [0.25, 0.3) is 5.91 Å². The van der Waals surface area contributed by atoms with Gasteiger partial charge in [-0.3, -0.25) is 4.79 Å². The van der Waals surface area contributed by atoms with E-state index in [1.54, 1.807) is 30.3 Å². The van der Waals surface area contributed by atoms with Crippen molar-refractivity contribution in [3.8, 4) is 17.3 Å². The molecule has 0 saturated carbocycles. The maximum atomic E-state index is 13.8. The second kappa shape index (κ2) is 8.57. The molecule has 0 unspecified atom stereocenters. The van der Waals surface area contributed by atoms with Gasteiger partial charge in [-0.15, -0.1) is 11.3 Å². The summed E-state index contributed by atoms with van der Waals surface area (Å²) in [6, 6.07) is 11.5. The van der Waals surface area contributed by atoms with E-state index in [9.17, 15) is 23.2 Å². The highest BCUT2D eigenvalue weighted by Crippen LogP contribution is 2.38. The topological polar surface area (TPSA) is 83.1 Å². The zero-order valence-electron chi connectivity index (χ0n) is 17.8. The van der Waals surface area contributed by atoms with E-state index in [4.69, 9.17) is 0 Å². The lowest BCUT2D eigenvalue weighted by molar-refractivity contribution is -0.142. The van der Waals surface area contributed by atoms with Crippen molar-refractivity contribution in [2.24, 2.45) is 0 Å². The van der Waals surface area contributed by atoms with Crippen molar-refractivity contribution in [1.82, 2.24) is 14.6 Å². The summed E-state index contributed by atoms with van der Waals surface area (Å²) in [5, 5.41) is 16.7. The summed E-state index contributed by atoms with van der Waals surface area (Å²) in [5.41, 5.74) is 0.617. The minimum atomic E-state index is -4.70. The van der Waals surface area contributed by atoms with E-state index in [0.717, 1.165) is 54.8 Å². The summed E-state index contributed by atoms with van der Waals surface area (Å²) in [6.45, 7) is 0. The Morgan fingerprint density at radius 1 is 1.15 bits per heavy atom. The number of fused-ring (bicyclic) bond motifs is 2. The van der Waals surface area contributed by atoms with Crippen LogP contribution in [0.25, 0.3) is 16.9 Å². The molecule has 10 heteroatoms. The Bertz CT molecular complexity index is 1430. The molecule has 0 bridgehead atoms. The average molecular weight is 482 g/mol. The average Bonchev–Trinajstić information content (AvgIpc) is 3.31. The van der Waals surface area contributed by atoms with Crippen molar-refractivity contribution in [3.63, 3.8) is 0 Å². The molecule has 0 fully saturated rings. The Kier molecular flexibility index (Phi) is 5.57. The molecule has 0 atom stereocenters. The first-order chi connectivity index (χ1) is 16.4. The SMILES string of the molecule is N#Cc1c(NC(=O)c2cnn3c(C(F)(F)F)cc(-c4ccccc4)nc23)sc2c1CCCCC2. The number of aromatic nitrogens is 3. The van der Waals surface area contributed by atoms with E-state index < -0.39 is 17.8 Å². The number of thiophene rings is 1. The van der Waals surface area contributed by atoms with Gasteiger partial charge in [-0.05, 0) is 37.3 Å². The molecule has 1 aliphatic carbocycles. The summed E-state index contributed by atoms with van der Waals surface area (Å²) in [7, 11) is 0. The Balaban J connectivity index is 1.58. The number of alkyl halides is 3. The minimum absolute atomic E-state index is 0.0792. The zero-order valence-corrected chi connectivity index (χ0v) is 18.6. The van der Waals surface area contributed by atoms with Crippen LogP contribution in [0.15, 0.2) is 42.6 Å². The van der Waals surface area contributed by atoms with Gasteiger partial charge >= 0.3 is 6.18 Å². The van der Waals surface area contributed by atoms with Crippen molar-refractivity contribution >= 4 is 27.9 Å². The zero-order chi connectivity index (χ0) is 23.9. The van der Waals surface area contributed by atoms with Crippen LogP contribution in [0.5, 0.6) is 0 Å². The van der Waals surface area contributed by atoms with Gasteiger partial charge < -0.3 is 5.32 Å². The van der Waals surface area contributed by atoms with E-state index in [-0.39, 0.29) is 16.9 Å². The molecule has 34 heavy (non-hydrogen) atoms. The number of nitriles is 1. The number of anilines is 1. The maximum Gasteiger partial charge on any atom is 0.433 e. The number of nitrogens with zero attached hydrogens (tertiary/aromatic N) is 4. The predicted molar refractivity (Wildman–Crippen MR) is 122 cm³/mol. The van der Waals surface area contributed by atoms with Gasteiger partial charge in [-0.1, -0.05) is 36.8 Å². The molecule has 3 heterocycles. The second-order valence-electron chi connectivity index (χ2n) is 8.02. The van der Waals surface area contributed by atoms with Crippen LogP contribution in [-0.4, -0.2) is 20.5 Å². The normalized spacial score (nSPS) is 13.8. The van der Waals surface area contributed by atoms with Crippen molar-refractivity contribution in [3.05, 3.63) is 69.9 Å². The molecular formula is C24H18F3N5OS. The van der Waals surface area contributed by atoms with E-state index >= 15 is 0 Å². The highest BCUT2D eigenvalue weighted by atomic mass is 32.1. The number of amides is 1. The summed E-state index contributed by atoms with van der Waals surface area (Å²) in [6.07, 6.45) is 1.08. The van der Waals surface area contributed by atoms with Gasteiger partial charge in [0.05, 0.1) is 17.5 Å². The molecule has 0 radical (unpaired) electrons. The molecule has 0 aliphatic heterocycles. The smallest absolute Gasteiger partial charge is 0.312 e. The molecular weight excluding hydrogens is 463 g/mol. The number of carbonyl (C=O) groups excluding carboxylic acids is 1. The first kappa shape index (κ1) is 22.1. The van der Waals surface area contributed by atoms with Gasteiger partial charge in [-0.2, -0.15) is 23.5 Å². The number of carbonyl (C=O) groups is 1. The van der Waals surface area contributed by atoms with E-state index in [1.807, 2.05) is 0 Å². The lowest BCUT2D eigenvalue weighted by atomic mass is 10.1. The summed E-state index contributed by atoms with van der Waals surface area (Å²) in [4.78, 5) is 18.6. The van der Waals surface area contributed by atoms with Crippen molar-refractivity contribution in [1.29, 1.82) is 5.26 Å². The number of nitrogens with one attached hydrogen (secondary N) is 1. The van der Waals surface area contributed by atoms with Gasteiger partial charge in [-0.25, -0.2) is 9.50 Å². The number of aryl methyl sites for hydroxylation is 1.